The molecule has 11 nitrogen and oxygen atoms in total. The lowest BCUT2D eigenvalue weighted by molar-refractivity contribution is 0.259. The Labute approximate surface area is 174 Å². The molecule has 0 bridgehead atoms. The fourth-order valence-corrected chi connectivity index (χ4v) is 2.93. The molecule has 1 N–H and O–H groups in total. The smallest absolute Gasteiger partial charge is 0.362 e. The molecule has 1 heterocycles. The number of benzene rings is 1. The summed E-state index contributed by atoms with van der Waals surface area (Å²) in [7, 11) is -1.67. The monoisotopic (exact) mass is 463 g/mol. The van der Waals surface area contributed by atoms with Crippen LogP contribution in [-0.2, 0) is 26.4 Å². The highest BCUT2D eigenvalue weighted by molar-refractivity contribution is 7.89. The zero-order valence-electron chi connectivity index (χ0n) is 15.6. The number of carbonyl (C=O) groups excluding carboxylic acids is 1. The molecular weight excluding hydrogens is 446 g/mol. The fraction of sp³-hybridized carbons (Fsp3) is 0.267. The van der Waals surface area contributed by atoms with Crippen LogP contribution in [0.15, 0.2) is 45.7 Å². The predicted octanol–water partition coefficient (Wildman–Crippen LogP) is 1.76. The van der Waals surface area contributed by atoms with Crippen LogP contribution in [0, 0.1) is 0 Å². The van der Waals surface area contributed by atoms with E-state index < -0.39 is 26.6 Å². The molecule has 0 fully saturated rings. The number of halogens is 1. The lowest BCUT2D eigenvalue weighted by Crippen LogP contribution is -2.21. The van der Waals surface area contributed by atoms with E-state index in [1.807, 2.05) is 0 Å². The first-order chi connectivity index (χ1) is 13.6. The summed E-state index contributed by atoms with van der Waals surface area (Å²) in [4.78, 5) is 18.9. The Morgan fingerprint density at radius 2 is 1.86 bits per heavy atom. The first-order valence-corrected chi connectivity index (χ1v) is 10.7. The maximum absolute atomic E-state index is 11.5. The third-order valence-electron chi connectivity index (χ3n) is 3.00. The summed E-state index contributed by atoms with van der Waals surface area (Å²) >= 11 is 5.57. The lowest BCUT2D eigenvalue weighted by Gasteiger charge is -2.10. The van der Waals surface area contributed by atoms with Crippen molar-refractivity contribution in [3.05, 3.63) is 42.1 Å². The van der Waals surface area contributed by atoms with Gasteiger partial charge in [-0.25, -0.2) is 22.5 Å². The fourth-order valence-electron chi connectivity index (χ4n) is 1.69. The van der Waals surface area contributed by atoms with Crippen molar-refractivity contribution in [2.75, 3.05) is 26.5 Å². The largest absolute Gasteiger partial charge is 0.481 e. The Hall–Kier alpha value is -2.61. The number of methoxy groups -OCH3 is 1. The number of nitrogens with one attached hydrogen (secondary N) is 1. The minimum atomic E-state index is -3.24. The Kier molecular flexibility index (Phi) is 9.61. The van der Waals surface area contributed by atoms with Gasteiger partial charge in [0.2, 0.25) is 21.9 Å². The number of hydrogen-bond donors (Lipinski definition) is 1. The summed E-state index contributed by atoms with van der Waals surface area (Å²) < 4.78 is 51.9. The van der Waals surface area contributed by atoms with Crippen LogP contribution in [-0.4, -0.2) is 58.3 Å². The number of urea groups is 1. The molecule has 0 saturated carbocycles. The third-order valence-corrected chi connectivity index (χ3v) is 5.42. The van der Waals surface area contributed by atoms with Crippen LogP contribution in [0.5, 0.6) is 5.88 Å². The lowest BCUT2D eigenvalue weighted by atomic mass is 10.4. The van der Waals surface area contributed by atoms with Crippen molar-refractivity contribution in [2.45, 2.75) is 10.8 Å². The van der Waals surface area contributed by atoms with Crippen molar-refractivity contribution in [3.63, 3.8) is 0 Å². The number of anilines is 1. The van der Waals surface area contributed by atoms with Crippen molar-refractivity contribution >= 4 is 44.1 Å². The molecule has 0 aliphatic carbocycles. The number of nitrogens with zero attached hydrogens (tertiary/aromatic N) is 4. The van der Waals surface area contributed by atoms with Gasteiger partial charge in [0.25, 0.3) is 0 Å². The van der Waals surface area contributed by atoms with E-state index in [0.29, 0.717) is 10.6 Å². The molecule has 0 saturated heterocycles. The first-order valence-electron chi connectivity index (χ1n) is 7.67. The molecule has 0 atom stereocenters. The number of hydrogen-bond acceptors (Lipinski definition) is 8. The van der Waals surface area contributed by atoms with Gasteiger partial charge in [0, 0.05) is 20.2 Å². The molecule has 2 aromatic rings. The number of amides is 2. The van der Waals surface area contributed by atoms with Gasteiger partial charge in [-0.15, -0.1) is 11.6 Å². The molecule has 1 aromatic heterocycles. The molecule has 0 unspecified atom stereocenters. The highest BCUT2D eigenvalue weighted by atomic mass is 35.5. The zero-order chi connectivity index (χ0) is 22.0. The molecule has 0 aliphatic heterocycles. The van der Waals surface area contributed by atoms with Gasteiger partial charge >= 0.3 is 16.5 Å². The Balaban J connectivity index is 0.000000308. The summed E-state index contributed by atoms with van der Waals surface area (Å²) in [5.41, 5.74) is 0.414. The summed E-state index contributed by atoms with van der Waals surface area (Å²) in [6.45, 7) is 0. The molecule has 14 heteroatoms. The molecule has 0 radical (unpaired) electrons. The van der Waals surface area contributed by atoms with Gasteiger partial charge in [-0.2, -0.15) is 13.4 Å². The molecule has 2 rings (SSSR count). The van der Waals surface area contributed by atoms with Gasteiger partial charge < -0.3 is 4.74 Å². The van der Waals surface area contributed by atoms with Gasteiger partial charge in [0.05, 0.1) is 23.6 Å². The zero-order valence-corrected chi connectivity index (χ0v) is 18.0. The molecule has 29 heavy (non-hydrogen) atoms. The van der Waals surface area contributed by atoms with Crippen molar-refractivity contribution in [3.8, 4) is 5.88 Å². The number of sulfonamides is 1. The maximum atomic E-state index is 11.5. The highest BCUT2D eigenvalue weighted by Crippen LogP contribution is 2.13. The van der Waals surface area contributed by atoms with Crippen LogP contribution in [0.1, 0.15) is 5.69 Å². The Bertz CT molecular complexity index is 1050. The standard InChI is InChI=1S/C8H11NO2S.C7H7ClN4O4S/c1-9(2)12(10,11)8-6-4-3-5-7-8;1-16-5-2-4(3-8)9-6(10-5)11-7(13)12-17(14)15/h3-7H,1-2H3;2H,3H2,1H3,(H,9,10,11,13). The number of carbonyl (C=O) groups is 1. The average Bonchev–Trinajstić information content (AvgIpc) is 2.68. The second-order valence-electron chi connectivity index (χ2n) is 5.20. The minimum Gasteiger partial charge on any atom is -0.481 e. The van der Waals surface area contributed by atoms with E-state index >= 15 is 0 Å². The van der Waals surface area contributed by atoms with Gasteiger partial charge in [-0.1, -0.05) is 22.6 Å². The molecular formula is C15H18ClN5O6S2. The van der Waals surface area contributed by atoms with Gasteiger partial charge in [-0.3, -0.25) is 5.32 Å². The van der Waals surface area contributed by atoms with Gasteiger partial charge in [-0.05, 0) is 12.1 Å². The predicted molar refractivity (Wildman–Crippen MR) is 106 cm³/mol. The first kappa shape index (κ1) is 24.4. The van der Waals surface area contributed by atoms with Crippen LogP contribution in [0.4, 0.5) is 10.7 Å². The summed E-state index contributed by atoms with van der Waals surface area (Å²) in [5, 5.41) is 2.06. The molecule has 1 aromatic carbocycles. The Morgan fingerprint density at radius 1 is 1.24 bits per heavy atom. The van der Waals surface area contributed by atoms with Crippen LogP contribution in [0.2, 0.25) is 0 Å². The van der Waals surface area contributed by atoms with E-state index in [0.717, 1.165) is 0 Å². The summed E-state index contributed by atoms with van der Waals surface area (Å²) in [5.74, 6) is 0.139. The topological polar surface area (TPSA) is 148 Å². The van der Waals surface area contributed by atoms with Gasteiger partial charge in [0.1, 0.15) is 0 Å². The van der Waals surface area contributed by atoms with Crippen LogP contribution in [0.3, 0.4) is 0 Å². The van der Waals surface area contributed by atoms with Gasteiger partial charge in [0.15, 0.2) is 0 Å². The third kappa shape index (κ3) is 8.11. The molecule has 0 spiro atoms. The van der Waals surface area contributed by atoms with Crippen LogP contribution in [0.25, 0.3) is 0 Å². The Morgan fingerprint density at radius 3 is 2.34 bits per heavy atom. The number of alkyl halides is 1. The normalized spacial score (nSPS) is 10.5. The number of aromatic nitrogens is 2. The highest BCUT2D eigenvalue weighted by Gasteiger charge is 2.15. The van der Waals surface area contributed by atoms with E-state index in [9.17, 15) is 21.6 Å². The molecule has 158 valence electrons. The van der Waals surface area contributed by atoms with Crippen molar-refractivity contribution in [1.82, 2.24) is 14.3 Å². The quantitative estimate of drug-likeness (QED) is 0.659. The summed E-state index contributed by atoms with van der Waals surface area (Å²) in [6.07, 6.45) is 0. The van der Waals surface area contributed by atoms with E-state index in [1.54, 1.807) is 30.3 Å². The maximum Gasteiger partial charge on any atom is 0.362 e. The summed E-state index contributed by atoms with van der Waals surface area (Å²) in [6, 6.07) is 8.73. The van der Waals surface area contributed by atoms with Crippen molar-refractivity contribution in [1.29, 1.82) is 0 Å². The number of rotatable bonds is 5. The van der Waals surface area contributed by atoms with Crippen LogP contribution < -0.4 is 10.1 Å². The van der Waals surface area contributed by atoms with Crippen LogP contribution >= 0.6 is 11.6 Å². The minimum absolute atomic E-state index is 0.0897. The average molecular weight is 464 g/mol. The van der Waals surface area contributed by atoms with E-state index in [-0.39, 0.29) is 17.7 Å². The van der Waals surface area contributed by atoms with E-state index in [1.165, 1.54) is 31.6 Å². The van der Waals surface area contributed by atoms with E-state index in [2.05, 4.69) is 19.6 Å². The molecule has 2 amide bonds. The second kappa shape index (κ2) is 11.4. The van der Waals surface area contributed by atoms with E-state index in [4.69, 9.17) is 16.3 Å². The van der Waals surface area contributed by atoms with Crippen molar-refractivity contribution in [2.24, 2.45) is 4.36 Å². The SMILES string of the molecule is CN(C)S(=O)(=O)c1ccccc1.COc1cc(CCl)nc(NC(=O)N=S(=O)=O)n1. The second-order valence-corrected chi connectivity index (χ2v) is 8.23. The number of ether oxygens (including phenoxy) is 1. The molecule has 0 aliphatic rings. The van der Waals surface area contributed by atoms with Crippen molar-refractivity contribution < 1.29 is 26.4 Å².